The highest BCUT2D eigenvalue weighted by Gasteiger charge is 2.19. The van der Waals surface area contributed by atoms with Gasteiger partial charge in [0.1, 0.15) is 11.6 Å². The highest BCUT2D eigenvalue weighted by Crippen LogP contribution is 2.31. The molecule has 1 N–H and O–H groups in total. The molecule has 2 aromatic heterocycles. The minimum Gasteiger partial charge on any atom is -0.457 e. The van der Waals surface area contributed by atoms with Gasteiger partial charge in [0, 0.05) is 11.6 Å². The van der Waals surface area contributed by atoms with Gasteiger partial charge in [-0.15, -0.1) is 0 Å². The molecule has 1 unspecified atom stereocenters. The van der Waals surface area contributed by atoms with Gasteiger partial charge < -0.3 is 9.73 Å². The van der Waals surface area contributed by atoms with E-state index in [0.29, 0.717) is 28.5 Å². The Morgan fingerprint density at radius 2 is 2.19 bits per heavy atom. The molecule has 0 amide bonds. The Kier molecular flexibility index (Phi) is 3.90. The van der Waals surface area contributed by atoms with Crippen LogP contribution in [-0.4, -0.2) is 11.5 Å². The molecule has 3 nitrogen and oxygen atoms in total. The summed E-state index contributed by atoms with van der Waals surface area (Å²) < 4.78 is 19.3. The second-order valence-corrected chi connectivity index (χ2v) is 5.14. The fourth-order valence-electron chi connectivity index (χ4n) is 2.36. The first-order chi connectivity index (χ1) is 10.2. The molecule has 0 saturated heterocycles. The lowest BCUT2D eigenvalue weighted by atomic mass is 10.1. The summed E-state index contributed by atoms with van der Waals surface area (Å²) in [7, 11) is 0. The number of pyridine rings is 1. The van der Waals surface area contributed by atoms with Gasteiger partial charge in [0.05, 0.1) is 17.3 Å². The van der Waals surface area contributed by atoms with Gasteiger partial charge in [-0.2, -0.15) is 0 Å². The highest BCUT2D eigenvalue weighted by molar-refractivity contribution is 6.34. The van der Waals surface area contributed by atoms with Crippen molar-refractivity contribution in [1.82, 2.24) is 10.3 Å². The zero-order chi connectivity index (χ0) is 14.8. The Labute approximate surface area is 126 Å². The van der Waals surface area contributed by atoms with Crippen LogP contribution in [0.5, 0.6) is 0 Å². The molecule has 3 aromatic rings. The molecule has 0 fully saturated rings. The van der Waals surface area contributed by atoms with Gasteiger partial charge in [-0.25, -0.2) is 4.39 Å². The number of hydrogen-bond acceptors (Lipinski definition) is 3. The van der Waals surface area contributed by atoms with Crippen molar-refractivity contribution in [3.63, 3.8) is 0 Å². The van der Waals surface area contributed by atoms with Crippen LogP contribution in [0, 0.1) is 5.82 Å². The van der Waals surface area contributed by atoms with Gasteiger partial charge in [-0.1, -0.05) is 30.7 Å². The maximum atomic E-state index is 13.4. The SMILES string of the molecule is CCNC(c1cncc(F)c1)c1cc2cccc(Cl)c2o1. The predicted octanol–water partition coefficient (Wildman–Crippen LogP) is 4.32. The van der Waals surface area contributed by atoms with Crippen LogP contribution < -0.4 is 5.32 Å². The maximum absolute atomic E-state index is 13.4. The lowest BCUT2D eigenvalue weighted by Gasteiger charge is -2.15. The molecule has 0 radical (unpaired) electrons. The minimum absolute atomic E-state index is 0.262. The first-order valence-electron chi connectivity index (χ1n) is 6.71. The molecule has 0 aliphatic carbocycles. The molecule has 2 heterocycles. The van der Waals surface area contributed by atoms with Crippen molar-refractivity contribution < 1.29 is 8.81 Å². The third-order valence-corrected chi connectivity index (χ3v) is 3.56. The van der Waals surface area contributed by atoms with Crippen LogP contribution in [0.3, 0.4) is 0 Å². The summed E-state index contributed by atoms with van der Waals surface area (Å²) >= 11 is 6.14. The van der Waals surface area contributed by atoms with Crippen molar-refractivity contribution in [2.75, 3.05) is 6.54 Å². The summed E-state index contributed by atoms with van der Waals surface area (Å²) in [6, 6.07) is 8.69. The van der Waals surface area contributed by atoms with Crippen LogP contribution in [0.15, 0.2) is 47.1 Å². The normalized spacial score (nSPS) is 12.7. The standard InChI is InChI=1S/C16H14ClFN2O/c1-2-20-15(11-6-12(18)9-19-8-11)14-7-10-4-3-5-13(17)16(10)21-14/h3-9,15,20H,2H2,1H3. The largest absolute Gasteiger partial charge is 0.457 e. The van der Waals surface area contributed by atoms with Gasteiger partial charge in [-0.05, 0) is 30.3 Å². The number of benzene rings is 1. The molecule has 0 aliphatic rings. The van der Waals surface area contributed by atoms with Crippen LogP contribution in [0.25, 0.3) is 11.0 Å². The summed E-state index contributed by atoms with van der Waals surface area (Å²) in [6.07, 6.45) is 2.81. The molecule has 21 heavy (non-hydrogen) atoms. The molecule has 0 bridgehead atoms. The van der Waals surface area contributed by atoms with Gasteiger partial charge in [0.2, 0.25) is 0 Å². The molecule has 3 rings (SSSR count). The summed E-state index contributed by atoms with van der Waals surface area (Å²) in [5.41, 5.74) is 1.36. The number of aromatic nitrogens is 1. The second-order valence-electron chi connectivity index (χ2n) is 4.73. The van der Waals surface area contributed by atoms with Gasteiger partial charge in [0.25, 0.3) is 0 Å². The van der Waals surface area contributed by atoms with E-state index in [1.54, 1.807) is 12.3 Å². The van der Waals surface area contributed by atoms with E-state index in [1.165, 1.54) is 12.3 Å². The zero-order valence-electron chi connectivity index (χ0n) is 11.4. The average Bonchev–Trinajstić information content (AvgIpc) is 2.90. The van der Waals surface area contributed by atoms with Gasteiger partial charge in [-0.3, -0.25) is 4.98 Å². The molecular formula is C16H14ClFN2O. The van der Waals surface area contributed by atoms with Crippen molar-refractivity contribution in [3.05, 3.63) is 64.9 Å². The third kappa shape index (κ3) is 2.77. The summed E-state index contributed by atoms with van der Waals surface area (Å²) in [6.45, 7) is 2.70. The van der Waals surface area contributed by atoms with E-state index in [0.717, 1.165) is 5.39 Å². The lowest BCUT2D eigenvalue weighted by molar-refractivity contribution is 0.474. The molecule has 0 spiro atoms. The number of para-hydroxylation sites is 1. The average molecular weight is 305 g/mol. The quantitative estimate of drug-likeness (QED) is 0.780. The predicted molar refractivity (Wildman–Crippen MR) is 80.9 cm³/mol. The Hall–Kier alpha value is -1.91. The van der Waals surface area contributed by atoms with Crippen LogP contribution >= 0.6 is 11.6 Å². The number of nitrogens with zero attached hydrogens (tertiary/aromatic N) is 1. The number of furan rings is 1. The van der Waals surface area contributed by atoms with Crippen molar-refractivity contribution >= 4 is 22.6 Å². The molecule has 108 valence electrons. The fourth-order valence-corrected chi connectivity index (χ4v) is 2.58. The summed E-state index contributed by atoms with van der Waals surface area (Å²) in [5.74, 6) is 0.317. The number of hydrogen-bond donors (Lipinski definition) is 1. The number of nitrogens with one attached hydrogen (secondary N) is 1. The first kappa shape index (κ1) is 14.0. The van der Waals surface area contributed by atoms with Crippen LogP contribution in [0.2, 0.25) is 5.02 Å². The Morgan fingerprint density at radius 1 is 1.33 bits per heavy atom. The smallest absolute Gasteiger partial charge is 0.152 e. The molecule has 0 aliphatic heterocycles. The van der Waals surface area contributed by atoms with Crippen molar-refractivity contribution in [3.8, 4) is 0 Å². The van der Waals surface area contributed by atoms with Crippen LogP contribution in [0.1, 0.15) is 24.3 Å². The minimum atomic E-state index is -0.371. The summed E-state index contributed by atoms with van der Waals surface area (Å²) in [5, 5.41) is 4.76. The van der Waals surface area contributed by atoms with E-state index < -0.39 is 0 Å². The Morgan fingerprint density at radius 3 is 2.90 bits per heavy atom. The van der Waals surface area contributed by atoms with E-state index in [1.807, 2.05) is 25.1 Å². The molecule has 5 heteroatoms. The third-order valence-electron chi connectivity index (χ3n) is 3.27. The topological polar surface area (TPSA) is 38.1 Å². The number of halogens is 2. The number of fused-ring (bicyclic) bond motifs is 1. The fraction of sp³-hybridized carbons (Fsp3) is 0.188. The van der Waals surface area contributed by atoms with Crippen molar-refractivity contribution in [1.29, 1.82) is 0 Å². The van der Waals surface area contributed by atoms with E-state index >= 15 is 0 Å². The van der Waals surface area contributed by atoms with E-state index in [4.69, 9.17) is 16.0 Å². The maximum Gasteiger partial charge on any atom is 0.152 e. The van der Waals surface area contributed by atoms with Crippen molar-refractivity contribution in [2.24, 2.45) is 0 Å². The lowest BCUT2D eigenvalue weighted by Crippen LogP contribution is -2.21. The van der Waals surface area contributed by atoms with Crippen molar-refractivity contribution in [2.45, 2.75) is 13.0 Å². The molecular weight excluding hydrogens is 291 g/mol. The van der Waals surface area contributed by atoms with Crippen LogP contribution in [-0.2, 0) is 0 Å². The number of rotatable bonds is 4. The molecule has 0 saturated carbocycles. The molecule has 1 atom stereocenters. The first-order valence-corrected chi connectivity index (χ1v) is 7.08. The van der Waals surface area contributed by atoms with Crippen LogP contribution in [0.4, 0.5) is 4.39 Å². The van der Waals surface area contributed by atoms with E-state index in [9.17, 15) is 4.39 Å². The monoisotopic (exact) mass is 304 g/mol. The Bertz CT molecular complexity index is 772. The van der Waals surface area contributed by atoms with E-state index in [2.05, 4.69) is 10.3 Å². The van der Waals surface area contributed by atoms with Gasteiger partial charge >= 0.3 is 0 Å². The summed E-state index contributed by atoms with van der Waals surface area (Å²) in [4.78, 5) is 3.90. The highest BCUT2D eigenvalue weighted by atomic mass is 35.5. The second kappa shape index (κ2) is 5.84. The van der Waals surface area contributed by atoms with E-state index in [-0.39, 0.29) is 11.9 Å². The Balaban J connectivity index is 2.09. The van der Waals surface area contributed by atoms with Gasteiger partial charge in [0.15, 0.2) is 5.58 Å². The zero-order valence-corrected chi connectivity index (χ0v) is 12.2. The molecule has 1 aromatic carbocycles.